The molecule has 4 atom stereocenters. The number of imidazole rings is 1. The van der Waals surface area contributed by atoms with Crippen LogP contribution in [0.1, 0.15) is 20.8 Å². The molecule has 0 spiro atoms. The number of fused-ring (bicyclic) bond motifs is 1. The summed E-state index contributed by atoms with van der Waals surface area (Å²) in [5, 5.41) is 0. The summed E-state index contributed by atoms with van der Waals surface area (Å²) in [5.74, 6) is -0.892. The molecule has 0 aliphatic carbocycles. The minimum Gasteiger partial charge on any atom is -0.472 e. The monoisotopic (exact) mass is 408 g/mol. The molecule has 0 aromatic carbocycles. The van der Waals surface area contributed by atoms with Crippen LogP contribution in [0, 0.1) is 0 Å². The molecule has 2 aromatic rings. The number of nitrogens with zero attached hydrogens (tertiary/aromatic N) is 2. The van der Waals surface area contributed by atoms with E-state index in [1.165, 1.54) is 32.5 Å². The average Bonchev–Trinajstić information content (AvgIpc) is 3.08. The van der Waals surface area contributed by atoms with E-state index in [1.807, 2.05) is 6.20 Å². The molecule has 28 heavy (non-hydrogen) atoms. The number of esters is 3. The summed E-state index contributed by atoms with van der Waals surface area (Å²) >= 11 is 1.30. The normalized spacial score (nSPS) is 24.4. The van der Waals surface area contributed by atoms with Crippen LogP contribution in [0.3, 0.4) is 0 Å². The molecule has 0 bridgehead atoms. The Hall–Kier alpha value is -2.75. The molecule has 1 saturated heterocycles. The third-order valence-corrected chi connectivity index (χ3v) is 5.15. The van der Waals surface area contributed by atoms with Crippen molar-refractivity contribution in [2.24, 2.45) is 0 Å². The van der Waals surface area contributed by atoms with Crippen molar-refractivity contribution in [1.82, 2.24) is 9.38 Å². The van der Waals surface area contributed by atoms with Gasteiger partial charge in [0.05, 0.1) is 0 Å². The van der Waals surface area contributed by atoms with E-state index in [-0.39, 0.29) is 0 Å². The van der Waals surface area contributed by atoms with Crippen LogP contribution in [0.5, 0.6) is 5.75 Å². The summed E-state index contributed by atoms with van der Waals surface area (Å²) in [6.07, 6.45) is 2.51. The van der Waals surface area contributed by atoms with Gasteiger partial charge in [-0.1, -0.05) is 0 Å². The van der Waals surface area contributed by atoms with Gasteiger partial charge in [-0.3, -0.25) is 14.4 Å². The maximum atomic E-state index is 11.7. The molecule has 0 unspecified atom stereocenters. The van der Waals surface area contributed by atoms with Crippen LogP contribution in [0.2, 0.25) is 0 Å². The van der Waals surface area contributed by atoms with Crippen molar-refractivity contribution in [2.45, 2.75) is 44.5 Å². The minimum atomic E-state index is -0.990. The maximum absolute atomic E-state index is 11.7. The number of thioether (sulfide) groups is 1. The van der Waals surface area contributed by atoms with Crippen molar-refractivity contribution in [3.05, 3.63) is 30.7 Å². The van der Waals surface area contributed by atoms with Gasteiger partial charge in [0.15, 0.2) is 35.1 Å². The molecule has 0 radical (unpaired) electrons. The van der Waals surface area contributed by atoms with Crippen molar-refractivity contribution >= 4 is 35.3 Å². The fourth-order valence-electron chi connectivity index (χ4n) is 2.95. The van der Waals surface area contributed by atoms with Crippen molar-refractivity contribution in [2.75, 3.05) is 5.75 Å². The van der Waals surface area contributed by atoms with Crippen LogP contribution >= 0.6 is 11.8 Å². The highest BCUT2D eigenvalue weighted by Gasteiger charge is 2.47. The number of rotatable bonds is 5. The molecule has 0 N–H and O–H groups in total. The lowest BCUT2D eigenvalue weighted by Gasteiger charge is -2.39. The highest BCUT2D eigenvalue weighted by Crippen LogP contribution is 2.35. The second kappa shape index (κ2) is 8.51. The number of hydrogen-bond acceptors (Lipinski definition) is 9. The zero-order chi connectivity index (χ0) is 20.3. The van der Waals surface area contributed by atoms with Gasteiger partial charge in [0.1, 0.15) is 0 Å². The first kappa shape index (κ1) is 20.0. The first-order chi connectivity index (χ1) is 13.3. The number of aromatic nitrogens is 2. The summed E-state index contributed by atoms with van der Waals surface area (Å²) in [6.45, 7) is 3.74. The summed E-state index contributed by atoms with van der Waals surface area (Å²) in [6, 6.07) is 3.54. The lowest BCUT2D eigenvalue weighted by atomic mass is 10.1. The number of carbonyl (C=O) groups excluding carboxylic acids is 3. The van der Waals surface area contributed by atoms with Gasteiger partial charge in [-0.2, -0.15) is 0 Å². The third kappa shape index (κ3) is 4.56. The summed E-state index contributed by atoms with van der Waals surface area (Å²) in [4.78, 5) is 39.0. The zero-order valence-electron chi connectivity index (χ0n) is 15.6. The maximum Gasteiger partial charge on any atom is 0.303 e. The van der Waals surface area contributed by atoms with Gasteiger partial charge in [0.25, 0.3) is 0 Å². The molecule has 1 fully saturated rings. The van der Waals surface area contributed by atoms with Crippen LogP contribution < -0.4 is 4.74 Å². The topological polar surface area (TPSA) is 105 Å². The molecule has 3 heterocycles. The van der Waals surface area contributed by atoms with Crippen molar-refractivity contribution < 1.29 is 33.3 Å². The number of hydrogen-bond donors (Lipinski definition) is 0. The molecule has 0 amide bonds. The van der Waals surface area contributed by atoms with E-state index in [0.29, 0.717) is 17.1 Å². The molecule has 0 saturated carbocycles. The van der Waals surface area contributed by atoms with Crippen LogP contribution in [0.25, 0.3) is 5.65 Å². The lowest BCUT2D eigenvalue weighted by Crippen LogP contribution is -2.55. The third-order valence-electron chi connectivity index (χ3n) is 3.93. The van der Waals surface area contributed by atoms with Crippen molar-refractivity contribution in [3.8, 4) is 5.75 Å². The minimum absolute atomic E-state index is 0.303. The fraction of sp³-hybridized carbons (Fsp3) is 0.444. The Bertz CT molecular complexity index is 884. The van der Waals surface area contributed by atoms with Gasteiger partial charge in [-0.15, -0.1) is 11.8 Å². The molecule has 9 nitrogen and oxygen atoms in total. The predicted molar refractivity (Wildman–Crippen MR) is 98.7 cm³/mol. The lowest BCUT2D eigenvalue weighted by molar-refractivity contribution is -0.186. The van der Waals surface area contributed by atoms with E-state index in [1.54, 1.807) is 28.9 Å². The molecule has 1 aliphatic rings. The SMILES string of the molecule is CC(=O)O[C@@H]1[C@@H](OC(C)=O)[C@H](OC(C)=O)CS[C@H]1Oc1cccn2ccnc12. The van der Waals surface area contributed by atoms with Gasteiger partial charge < -0.3 is 23.3 Å². The molecular formula is C18H20N2O7S. The van der Waals surface area contributed by atoms with Gasteiger partial charge in [0.2, 0.25) is 0 Å². The van der Waals surface area contributed by atoms with Crippen molar-refractivity contribution in [1.29, 1.82) is 0 Å². The summed E-state index contributed by atoms with van der Waals surface area (Å²) in [5.41, 5.74) is -0.0984. The van der Waals surface area contributed by atoms with E-state index in [0.717, 1.165) is 0 Å². The highest BCUT2D eigenvalue weighted by atomic mass is 32.2. The van der Waals surface area contributed by atoms with Crippen LogP contribution in [0.4, 0.5) is 0 Å². The number of ether oxygens (including phenoxy) is 4. The van der Waals surface area contributed by atoms with E-state index >= 15 is 0 Å². The second-order valence-electron chi connectivity index (χ2n) is 6.15. The quantitative estimate of drug-likeness (QED) is 0.538. The Morgan fingerprint density at radius 2 is 1.71 bits per heavy atom. The smallest absolute Gasteiger partial charge is 0.303 e. The van der Waals surface area contributed by atoms with Crippen molar-refractivity contribution in [3.63, 3.8) is 0 Å². The Kier molecular flexibility index (Phi) is 6.08. The molecule has 2 aromatic heterocycles. The zero-order valence-corrected chi connectivity index (χ0v) is 16.4. The standard InChI is InChI=1S/C18H20N2O7S/c1-10(21)24-14-9-28-18(16(26-12(3)23)15(14)25-11(2)22)27-13-5-4-7-20-8-6-19-17(13)20/h4-8,14-16,18H,9H2,1-3H3/t14-,15+,16-,18-/m1/s1. The molecule has 3 rings (SSSR count). The Morgan fingerprint density at radius 3 is 2.39 bits per heavy atom. The molecule has 150 valence electrons. The van der Waals surface area contributed by atoms with Gasteiger partial charge in [-0.05, 0) is 12.1 Å². The molecule has 1 aliphatic heterocycles. The van der Waals surface area contributed by atoms with E-state index in [4.69, 9.17) is 18.9 Å². The van der Waals surface area contributed by atoms with E-state index < -0.39 is 41.7 Å². The van der Waals surface area contributed by atoms with E-state index in [2.05, 4.69) is 4.98 Å². The predicted octanol–water partition coefficient (Wildman–Crippen LogP) is 1.58. The Morgan fingerprint density at radius 1 is 1.04 bits per heavy atom. The van der Waals surface area contributed by atoms with Gasteiger partial charge in [-0.25, -0.2) is 4.98 Å². The average molecular weight is 408 g/mol. The van der Waals surface area contributed by atoms with E-state index in [9.17, 15) is 14.4 Å². The highest BCUT2D eigenvalue weighted by molar-refractivity contribution is 7.99. The molecular weight excluding hydrogens is 388 g/mol. The van der Waals surface area contributed by atoms with Gasteiger partial charge in [0, 0.05) is 45.1 Å². The van der Waals surface area contributed by atoms with Crippen LogP contribution in [0.15, 0.2) is 30.7 Å². The second-order valence-corrected chi connectivity index (χ2v) is 7.28. The largest absolute Gasteiger partial charge is 0.472 e. The summed E-state index contributed by atoms with van der Waals surface area (Å²) in [7, 11) is 0. The van der Waals surface area contributed by atoms with Crippen LogP contribution in [-0.2, 0) is 28.6 Å². The van der Waals surface area contributed by atoms with Gasteiger partial charge >= 0.3 is 17.9 Å². The first-order valence-corrected chi connectivity index (χ1v) is 9.61. The Balaban J connectivity index is 1.90. The fourth-order valence-corrected chi connectivity index (χ4v) is 4.16. The molecule has 10 heteroatoms. The Labute approximate surface area is 165 Å². The summed E-state index contributed by atoms with van der Waals surface area (Å²) < 4.78 is 23.9. The number of pyridine rings is 1. The number of carbonyl (C=O) groups is 3. The first-order valence-electron chi connectivity index (χ1n) is 8.56. The van der Waals surface area contributed by atoms with Crippen LogP contribution in [-0.4, -0.2) is 56.8 Å².